The van der Waals surface area contributed by atoms with E-state index >= 15 is 0 Å². The van der Waals surface area contributed by atoms with Gasteiger partial charge in [0.1, 0.15) is 0 Å². The second-order valence-corrected chi connectivity index (χ2v) is 4.31. The third-order valence-corrected chi connectivity index (χ3v) is 2.58. The Morgan fingerprint density at radius 2 is 1.94 bits per heavy atom. The highest BCUT2D eigenvalue weighted by Crippen LogP contribution is 2.34. The van der Waals surface area contributed by atoms with E-state index in [-0.39, 0.29) is 21.8 Å². The summed E-state index contributed by atoms with van der Waals surface area (Å²) in [6, 6.07) is 3.41. The van der Waals surface area contributed by atoms with Gasteiger partial charge in [0.15, 0.2) is 5.75 Å². The average molecular weight is 264 g/mol. The summed E-state index contributed by atoms with van der Waals surface area (Å²) in [6.45, 7) is 5.22. The molecule has 1 rings (SSSR count). The molecule has 0 amide bonds. The number of ether oxygens (including phenoxy) is 1. The SMILES string of the molecule is CCOCC(C)Nc1cc(Cl)c(O)c(Cl)c1. The zero-order valence-electron chi connectivity index (χ0n) is 9.26. The number of phenolic OH excluding ortho intramolecular Hbond substituents is 1. The van der Waals surface area contributed by atoms with Crippen LogP contribution in [0.25, 0.3) is 0 Å². The van der Waals surface area contributed by atoms with E-state index in [2.05, 4.69) is 5.32 Å². The minimum Gasteiger partial charge on any atom is -0.505 e. The summed E-state index contributed by atoms with van der Waals surface area (Å²) in [6.07, 6.45) is 0. The second kappa shape index (κ2) is 6.18. The largest absolute Gasteiger partial charge is 0.505 e. The van der Waals surface area contributed by atoms with Crippen LogP contribution in [0.5, 0.6) is 5.75 Å². The second-order valence-electron chi connectivity index (χ2n) is 3.49. The van der Waals surface area contributed by atoms with Crippen molar-refractivity contribution in [2.75, 3.05) is 18.5 Å². The fraction of sp³-hybridized carbons (Fsp3) is 0.455. The summed E-state index contributed by atoms with van der Waals surface area (Å²) in [4.78, 5) is 0. The van der Waals surface area contributed by atoms with Gasteiger partial charge < -0.3 is 15.2 Å². The molecule has 90 valence electrons. The molecule has 0 fully saturated rings. The molecule has 1 aromatic rings. The van der Waals surface area contributed by atoms with Crippen molar-refractivity contribution in [1.29, 1.82) is 0 Å². The van der Waals surface area contributed by atoms with Gasteiger partial charge in [-0.15, -0.1) is 0 Å². The van der Waals surface area contributed by atoms with Crippen LogP contribution in [0.3, 0.4) is 0 Å². The van der Waals surface area contributed by atoms with Gasteiger partial charge in [-0.25, -0.2) is 0 Å². The molecule has 0 saturated heterocycles. The third kappa shape index (κ3) is 3.74. The van der Waals surface area contributed by atoms with Gasteiger partial charge in [-0.05, 0) is 26.0 Å². The Kier molecular flexibility index (Phi) is 5.19. The van der Waals surface area contributed by atoms with Crippen molar-refractivity contribution >= 4 is 28.9 Å². The summed E-state index contributed by atoms with van der Waals surface area (Å²) in [5.41, 5.74) is 0.764. The summed E-state index contributed by atoms with van der Waals surface area (Å²) >= 11 is 11.6. The van der Waals surface area contributed by atoms with Crippen LogP contribution in [0.1, 0.15) is 13.8 Å². The number of nitrogens with one attached hydrogen (secondary N) is 1. The molecule has 0 aliphatic carbocycles. The fourth-order valence-electron chi connectivity index (χ4n) is 1.27. The fourth-order valence-corrected chi connectivity index (χ4v) is 1.76. The highest BCUT2D eigenvalue weighted by Gasteiger charge is 2.08. The molecule has 16 heavy (non-hydrogen) atoms. The number of rotatable bonds is 5. The number of hydrogen-bond acceptors (Lipinski definition) is 3. The highest BCUT2D eigenvalue weighted by molar-refractivity contribution is 6.37. The highest BCUT2D eigenvalue weighted by atomic mass is 35.5. The van der Waals surface area contributed by atoms with E-state index in [1.54, 1.807) is 12.1 Å². The Hall–Kier alpha value is -0.640. The van der Waals surface area contributed by atoms with Crippen molar-refractivity contribution in [3.63, 3.8) is 0 Å². The van der Waals surface area contributed by atoms with E-state index in [1.807, 2.05) is 13.8 Å². The van der Waals surface area contributed by atoms with Gasteiger partial charge >= 0.3 is 0 Å². The first-order chi connectivity index (χ1) is 7.54. The maximum atomic E-state index is 9.39. The Labute approximate surface area is 105 Å². The number of halogens is 2. The zero-order valence-corrected chi connectivity index (χ0v) is 10.8. The van der Waals surface area contributed by atoms with Gasteiger partial charge in [0.05, 0.1) is 16.7 Å². The molecule has 1 unspecified atom stereocenters. The molecular weight excluding hydrogens is 249 g/mol. The molecule has 1 aromatic carbocycles. The van der Waals surface area contributed by atoms with Gasteiger partial charge in [-0.1, -0.05) is 23.2 Å². The van der Waals surface area contributed by atoms with Crippen molar-refractivity contribution in [1.82, 2.24) is 0 Å². The van der Waals surface area contributed by atoms with E-state index in [9.17, 15) is 5.11 Å². The lowest BCUT2D eigenvalue weighted by Crippen LogP contribution is -2.21. The van der Waals surface area contributed by atoms with Crippen molar-refractivity contribution < 1.29 is 9.84 Å². The predicted octanol–water partition coefficient (Wildman–Crippen LogP) is 3.54. The zero-order chi connectivity index (χ0) is 12.1. The van der Waals surface area contributed by atoms with Crippen molar-refractivity contribution in [3.05, 3.63) is 22.2 Å². The Morgan fingerprint density at radius 1 is 1.38 bits per heavy atom. The Balaban J connectivity index is 2.67. The van der Waals surface area contributed by atoms with E-state index in [4.69, 9.17) is 27.9 Å². The molecule has 0 aromatic heterocycles. The number of aromatic hydroxyl groups is 1. The molecule has 2 N–H and O–H groups in total. The first-order valence-corrected chi connectivity index (χ1v) is 5.82. The Bertz CT molecular complexity index is 335. The van der Waals surface area contributed by atoms with Crippen molar-refractivity contribution in [2.45, 2.75) is 19.9 Å². The molecule has 0 aliphatic rings. The van der Waals surface area contributed by atoms with Crippen LogP contribution in [-0.2, 0) is 4.74 Å². The van der Waals surface area contributed by atoms with E-state index in [0.29, 0.717) is 13.2 Å². The molecule has 0 saturated carbocycles. The standard InChI is InChI=1S/C11H15Cl2NO2/c1-3-16-6-7(2)14-8-4-9(12)11(15)10(13)5-8/h4-5,7,14-15H,3,6H2,1-2H3. The van der Waals surface area contributed by atoms with Gasteiger partial charge in [-0.2, -0.15) is 0 Å². The minimum absolute atomic E-state index is 0.0913. The molecule has 1 atom stereocenters. The maximum Gasteiger partial charge on any atom is 0.152 e. The summed E-state index contributed by atoms with van der Waals surface area (Å²) < 4.78 is 5.27. The summed E-state index contributed by atoms with van der Waals surface area (Å²) in [5, 5.41) is 13.0. The lowest BCUT2D eigenvalue weighted by molar-refractivity contribution is 0.141. The van der Waals surface area contributed by atoms with E-state index < -0.39 is 0 Å². The van der Waals surface area contributed by atoms with Crippen molar-refractivity contribution in [2.24, 2.45) is 0 Å². The van der Waals surface area contributed by atoms with Gasteiger partial charge in [-0.3, -0.25) is 0 Å². The lowest BCUT2D eigenvalue weighted by atomic mass is 10.2. The number of phenols is 1. The Morgan fingerprint density at radius 3 is 2.44 bits per heavy atom. The molecule has 0 aliphatic heterocycles. The average Bonchev–Trinajstić information content (AvgIpc) is 2.23. The number of anilines is 1. The van der Waals surface area contributed by atoms with Crippen molar-refractivity contribution in [3.8, 4) is 5.75 Å². The molecular formula is C11H15Cl2NO2. The van der Waals surface area contributed by atoms with Gasteiger partial charge in [0.25, 0.3) is 0 Å². The van der Waals surface area contributed by atoms with E-state index in [1.165, 1.54) is 0 Å². The number of hydrogen-bond donors (Lipinski definition) is 2. The molecule has 0 spiro atoms. The quantitative estimate of drug-likeness (QED) is 0.799. The predicted molar refractivity (Wildman–Crippen MR) is 67.7 cm³/mol. The molecule has 0 radical (unpaired) electrons. The first-order valence-electron chi connectivity index (χ1n) is 5.07. The lowest BCUT2D eigenvalue weighted by Gasteiger charge is -2.15. The molecule has 0 heterocycles. The topological polar surface area (TPSA) is 41.5 Å². The van der Waals surface area contributed by atoms with Crippen LogP contribution in [0.15, 0.2) is 12.1 Å². The van der Waals surface area contributed by atoms with Crippen LogP contribution in [0, 0.1) is 0 Å². The van der Waals surface area contributed by atoms with Crippen LogP contribution in [-0.4, -0.2) is 24.4 Å². The normalized spacial score (nSPS) is 12.5. The molecule has 0 bridgehead atoms. The first kappa shape index (κ1) is 13.4. The van der Waals surface area contributed by atoms with E-state index in [0.717, 1.165) is 5.69 Å². The third-order valence-electron chi connectivity index (χ3n) is 2.00. The minimum atomic E-state index is -0.0913. The van der Waals surface area contributed by atoms with Gasteiger partial charge in [0, 0.05) is 18.3 Å². The van der Waals surface area contributed by atoms with Gasteiger partial charge in [0.2, 0.25) is 0 Å². The van der Waals surface area contributed by atoms with Crippen LogP contribution >= 0.6 is 23.2 Å². The maximum absolute atomic E-state index is 9.39. The molecule has 5 heteroatoms. The number of benzene rings is 1. The van der Waals surface area contributed by atoms with Crippen LogP contribution in [0.2, 0.25) is 10.0 Å². The smallest absolute Gasteiger partial charge is 0.152 e. The van der Waals surface area contributed by atoms with Crippen LogP contribution < -0.4 is 5.32 Å². The van der Waals surface area contributed by atoms with Crippen LogP contribution in [0.4, 0.5) is 5.69 Å². The monoisotopic (exact) mass is 263 g/mol. The summed E-state index contributed by atoms with van der Waals surface area (Å²) in [7, 11) is 0. The summed E-state index contributed by atoms with van der Waals surface area (Å²) in [5.74, 6) is -0.0913. The molecule has 3 nitrogen and oxygen atoms in total.